The molecule has 0 radical (unpaired) electrons. The number of aryl methyl sites for hydroxylation is 3. The van der Waals surface area contributed by atoms with Crippen molar-refractivity contribution >= 4 is 16.6 Å². The van der Waals surface area contributed by atoms with Crippen LogP contribution in [-0.4, -0.2) is 14.6 Å². The van der Waals surface area contributed by atoms with Crippen molar-refractivity contribution in [2.24, 2.45) is 7.05 Å². The molecule has 1 heterocycles. The summed E-state index contributed by atoms with van der Waals surface area (Å²) in [5.74, 6) is -0.568. The molecule has 6 heteroatoms. The Morgan fingerprint density at radius 2 is 1.94 bits per heavy atom. The fourth-order valence-corrected chi connectivity index (χ4v) is 2.08. The number of hydrogen-bond donors (Lipinski definition) is 1. The van der Waals surface area contributed by atoms with Gasteiger partial charge in [0.05, 0.1) is 10.4 Å². The van der Waals surface area contributed by atoms with Crippen LogP contribution in [0, 0.1) is 24.0 Å². The van der Waals surface area contributed by atoms with Crippen LogP contribution in [0.1, 0.15) is 11.1 Å². The maximum Gasteiger partial charge on any atom is 0.375 e. The van der Waals surface area contributed by atoms with Crippen molar-refractivity contribution in [2.75, 3.05) is 0 Å². The molecule has 0 aliphatic heterocycles. The molecule has 2 rings (SSSR count). The second-order valence-electron chi connectivity index (χ2n) is 4.22. The summed E-state index contributed by atoms with van der Waals surface area (Å²) < 4.78 is 1.20. The third kappa shape index (κ3) is 1.46. The molecule has 2 aromatic rings. The molecule has 0 saturated carbocycles. The molecule has 6 nitrogen and oxygen atoms in total. The maximum absolute atomic E-state index is 11.9. The summed E-state index contributed by atoms with van der Waals surface area (Å²) in [5, 5.41) is 21.0. The van der Waals surface area contributed by atoms with Crippen LogP contribution in [-0.2, 0) is 7.05 Å². The fourth-order valence-electron chi connectivity index (χ4n) is 2.08. The maximum atomic E-state index is 11.9. The Labute approximate surface area is 102 Å². The van der Waals surface area contributed by atoms with Crippen molar-refractivity contribution in [3.05, 3.63) is 43.7 Å². The predicted octanol–water partition coefficient (Wildman–Crippen LogP) is 1.77. The summed E-state index contributed by atoms with van der Waals surface area (Å²) in [6.45, 7) is 3.68. The standard InChI is InChI=1S/C12H12N2O4/c1-6-4-5-8-9(7(6)2)13(3)12(16)10(11(8)15)14(17)18/h4-5,15H,1-3H3. The van der Waals surface area contributed by atoms with Gasteiger partial charge in [0.2, 0.25) is 5.75 Å². The Hall–Kier alpha value is -2.37. The first-order chi connectivity index (χ1) is 8.36. The molecule has 0 amide bonds. The van der Waals surface area contributed by atoms with Gasteiger partial charge >= 0.3 is 11.2 Å². The lowest BCUT2D eigenvalue weighted by atomic mass is 10.0. The van der Waals surface area contributed by atoms with Crippen molar-refractivity contribution in [1.29, 1.82) is 0 Å². The third-order valence-corrected chi connectivity index (χ3v) is 3.21. The first kappa shape index (κ1) is 12.1. The average molecular weight is 248 g/mol. The molecule has 94 valence electrons. The third-order valence-electron chi connectivity index (χ3n) is 3.21. The van der Waals surface area contributed by atoms with E-state index in [1.165, 1.54) is 11.6 Å². The Balaban J connectivity index is 3.13. The minimum absolute atomic E-state index is 0.312. The van der Waals surface area contributed by atoms with E-state index >= 15 is 0 Å². The molecule has 0 saturated heterocycles. The minimum atomic E-state index is -0.855. The zero-order valence-electron chi connectivity index (χ0n) is 10.2. The van der Waals surface area contributed by atoms with Crippen LogP contribution in [0.15, 0.2) is 16.9 Å². The number of pyridine rings is 1. The predicted molar refractivity (Wildman–Crippen MR) is 67.0 cm³/mol. The van der Waals surface area contributed by atoms with Crippen molar-refractivity contribution in [3.63, 3.8) is 0 Å². The molecule has 0 bridgehead atoms. The summed E-state index contributed by atoms with van der Waals surface area (Å²) in [5.41, 5.74) is 0.693. The van der Waals surface area contributed by atoms with Gasteiger partial charge in [-0.15, -0.1) is 0 Å². The Morgan fingerprint density at radius 1 is 1.33 bits per heavy atom. The molecule has 0 fully saturated rings. The smallest absolute Gasteiger partial charge is 0.375 e. The molecule has 0 spiro atoms. The van der Waals surface area contributed by atoms with Crippen molar-refractivity contribution < 1.29 is 10.0 Å². The van der Waals surface area contributed by atoms with Crippen LogP contribution in [0.25, 0.3) is 10.9 Å². The van der Waals surface area contributed by atoms with Gasteiger partial charge in [-0.25, -0.2) is 0 Å². The molecule has 18 heavy (non-hydrogen) atoms. The lowest BCUT2D eigenvalue weighted by Crippen LogP contribution is -2.21. The monoisotopic (exact) mass is 248 g/mol. The van der Waals surface area contributed by atoms with Gasteiger partial charge in [0.1, 0.15) is 0 Å². The second-order valence-corrected chi connectivity index (χ2v) is 4.22. The SMILES string of the molecule is Cc1ccc2c(O)c([N+](=O)[O-])c(=O)n(C)c2c1C. The van der Waals surface area contributed by atoms with Gasteiger partial charge in [0.15, 0.2) is 0 Å². The van der Waals surface area contributed by atoms with Gasteiger partial charge in [-0.1, -0.05) is 6.07 Å². The van der Waals surface area contributed by atoms with E-state index in [4.69, 9.17) is 0 Å². The van der Waals surface area contributed by atoms with Crippen LogP contribution < -0.4 is 5.56 Å². The summed E-state index contributed by atoms with van der Waals surface area (Å²) in [7, 11) is 1.46. The quantitative estimate of drug-likeness (QED) is 0.615. The molecule has 0 aliphatic carbocycles. The number of aromatic nitrogens is 1. The first-order valence-corrected chi connectivity index (χ1v) is 5.32. The van der Waals surface area contributed by atoms with E-state index in [2.05, 4.69) is 0 Å². The van der Waals surface area contributed by atoms with Gasteiger partial charge in [-0.05, 0) is 31.0 Å². The van der Waals surface area contributed by atoms with Crippen LogP contribution in [0.3, 0.4) is 0 Å². The van der Waals surface area contributed by atoms with E-state index < -0.39 is 21.9 Å². The van der Waals surface area contributed by atoms with E-state index in [9.17, 15) is 20.0 Å². The highest BCUT2D eigenvalue weighted by molar-refractivity contribution is 5.91. The van der Waals surface area contributed by atoms with Crippen LogP contribution in [0.5, 0.6) is 5.75 Å². The Kier molecular flexibility index (Phi) is 2.58. The average Bonchev–Trinajstić information content (AvgIpc) is 2.29. The molecule has 0 atom stereocenters. The summed E-state index contributed by atoms with van der Waals surface area (Å²) in [6.07, 6.45) is 0. The Morgan fingerprint density at radius 3 is 2.50 bits per heavy atom. The number of rotatable bonds is 1. The number of hydrogen-bond acceptors (Lipinski definition) is 4. The van der Waals surface area contributed by atoms with Crippen molar-refractivity contribution in [2.45, 2.75) is 13.8 Å². The number of nitrogens with zero attached hydrogens (tertiary/aromatic N) is 2. The fraction of sp³-hybridized carbons (Fsp3) is 0.250. The van der Waals surface area contributed by atoms with Gasteiger partial charge < -0.3 is 9.67 Å². The first-order valence-electron chi connectivity index (χ1n) is 5.32. The number of nitro groups is 1. The van der Waals surface area contributed by atoms with Crippen molar-refractivity contribution in [1.82, 2.24) is 4.57 Å². The van der Waals surface area contributed by atoms with Gasteiger partial charge in [0.25, 0.3) is 0 Å². The van der Waals surface area contributed by atoms with Gasteiger partial charge in [0, 0.05) is 12.4 Å². The molecular weight excluding hydrogens is 236 g/mol. The normalized spacial score (nSPS) is 10.8. The van der Waals surface area contributed by atoms with Crippen LogP contribution in [0.4, 0.5) is 5.69 Å². The van der Waals surface area contributed by atoms with E-state index in [0.717, 1.165) is 11.1 Å². The van der Waals surface area contributed by atoms with Crippen LogP contribution in [0.2, 0.25) is 0 Å². The number of fused-ring (bicyclic) bond motifs is 1. The van der Waals surface area contributed by atoms with E-state index in [0.29, 0.717) is 10.9 Å². The molecular formula is C12H12N2O4. The van der Waals surface area contributed by atoms with E-state index in [1.54, 1.807) is 12.1 Å². The van der Waals surface area contributed by atoms with Gasteiger partial charge in [-0.3, -0.25) is 14.9 Å². The zero-order chi connectivity index (χ0) is 13.6. The highest BCUT2D eigenvalue weighted by atomic mass is 16.6. The van der Waals surface area contributed by atoms with E-state index in [-0.39, 0.29) is 0 Å². The molecule has 0 aliphatic rings. The second kappa shape index (κ2) is 3.83. The summed E-state index contributed by atoms with van der Waals surface area (Å²) in [4.78, 5) is 21.8. The van der Waals surface area contributed by atoms with Crippen molar-refractivity contribution in [3.8, 4) is 5.75 Å². The highest BCUT2D eigenvalue weighted by Crippen LogP contribution is 2.32. The summed E-state index contributed by atoms with van der Waals surface area (Å²) >= 11 is 0. The molecule has 1 N–H and O–H groups in total. The highest BCUT2D eigenvalue weighted by Gasteiger charge is 2.25. The number of aromatic hydroxyl groups is 1. The van der Waals surface area contributed by atoms with Gasteiger partial charge in [-0.2, -0.15) is 0 Å². The topological polar surface area (TPSA) is 85.4 Å². The van der Waals surface area contributed by atoms with Crippen LogP contribution >= 0.6 is 0 Å². The van der Waals surface area contributed by atoms with E-state index in [1.807, 2.05) is 13.8 Å². The number of benzene rings is 1. The zero-order valence-corrected chi connectivity index (χ0v) is 10.2. The lowest BCUT2D eigenvalue weighted by molar-refractivity contribution is -0.387. The molecule has 1 aromatic heterocycles. The largest absolute Gasteiger partial charge is 0.501 e. The molecule has 1 aromatic carbocycles. The molecule has 0 unspecified atom stereocenters. The Bertz CT molecular complexity index is 731. The minimum Gasteiger partial charge on any atom is -0.501 e. The lowest BCUT2D eigenvalue weighted by Gasteiger charge is -2.11. The summed E-state index contributed by atoms with van der Waals surface area (Å²) in [6, 6.07) is 3.34.